The van der Waals surface area contributed by atoms with Crippen LogP contribution in [0.4, 0.5) is 0 Å². The molecule has 1 aliphatic rings. The molecule has 6 nitrogen and oxygen atoms in total. The second-order valence-electron chi connectivity index (χ2n) is 3.63. The first-order valence-electron chi connectivity index (χ1n) is 5.33. The van der Waals surface area contributed by atoms with Crippen LogP contribution in [0.2, 0.25) is 0 Å². The van der Waals surface area contributed by atoms with Crippen LogP contribution in [0.3, 0.4) is 0 Å². The van der Waals surface area contributed by atoms with Gasteiger partial charge in [-0.1, -0.05) is 23.9 Å². The van der Waals surface area contributed by atoms with E-state index in [1.54, 1.807) is 7.11 Å². The number of ether oxygens (including phenoxy) is 1. The summed E-state index contributed by atoms with van der Waals surface area (Å²) in [6, 6.07) is 7.62. The van der Waals surface area contributed by atoms with Crippen LogP contribution in [0.1, 0.15) is 11.7 Å². The molecule has 1 aliphatic heterocycles. The first-order valence-corrected chi connectivity index (χ1v) is 6.32. The minimum Gasteiger partial charge on any atom is -0.497 e. The third-order valence-corrected chi connectivity index (χ3v) is 3.25. The van der Waals surface area contributed by atoms with Gasteiger partial charge in [-0.3, -0.25) is 10.2 Å². The molecule has 7 heteroatoms. The molecular weight excluding hydrogens is 252 g/mol. The lowest BCUT2D eigenvalue weighted by Crippen LogP contribution is -2.30. The van der Waals surface area contributed by atoms with Gasteiger partial charge in [0, 0.05) is 0 Å². The quantitative estimate of drug-likeness (QED) is 0.733. The zero-order valence-corrected chi connectivity index (χ0v) is 10.7. The maximum Gasteiger partial charge on any atom is 0.227 e. The molecule has 0 unspecified atom stereocenters. The van der Waals surface area contributed by atoms with Crippen molar-refractivity contribution in [3.8, 4) is 5.75 Å². The molecule has 0 spiro atoms. The first kappa shape index (κ1) is 12.7. The predicted octanol–water partition coefficient (Wildman–Crippen LogP) is 0.376. The van der Waals surface area contributed by atoms with Crippen LogP contribution < -0.4 is 21.3 Å². The number of thioether (sulfide) groups is 1. The average Bonchev–Trinajstić information content (AvgIpc) is 2.85. The van der Waals surface area contributed by atoms with E-state index in [4.69, 9.17) is 10.5 Å². The monoisotopic (exact) mass is 266 g/mol. The lowest BCUT2D eigenvalue weighted by molar-refractivity contribution is -0.115. The number of nitrogens with two attached hydrogens (primary N) is 1. The Morgan fingerprint density at radius 1 is 1.50 bits per heavy atom. The van der Waals surface area contributed by atoms with Crippen LogP contribution in [-0.2, 0) is 4.79 Å². The molecule has 1 heterocycles. The number of carbonyl (C=O) groups excluding carboxylic acids is 1. The minimum atomic E-state index is -0.364. The first-order chi connectivity index (χ1) is 8.69. The highest BCUT2D eigenvalue weighted by Crippen LogP contribution is 2.21. The summed E-state index contributed by atoms with van der Waals surface area (Å²) in [5.41, 5.74) is 12.0. The molecule has 0 aromatic heterocycles. The zero-order chi connectivity index (χ0) is 13.0. The molecule has 18 heavy (non-hydrogen) atoms. The largest absolute Gasteiger partial charge is 0.497 e. The molecule has 0 saturated carbocycles. The molecule has 0 saturated heterocycles. The number of aliphatic imine (C=N–C) groups is 1. The van der Waals surface area contributed by atoms with Crippen molar-refractivity contribution in [2.45, 2.75) is 6.17 Å². The molecule has 4 N–H and O–H groups in total. The van der Waals surface area contributed by atoms with Crippen LogP contribution in [-0.4, -0.2) is 23.9 Å². The fourth-order valence-corrected chi connectivity index (χ4v) is 2.06. The number of hydrazine groups is 1. The standard InChI is InChI=1S/C11H14N4O2S/c1-17-8-4-2-7(3-5-8)10-13-11(15-14-10)18-6-9(12)16/h2-5,10,14H,6H2,1H3,(H2,12,16)(H,13,15)/t10-/m1/s1. The van der Waals surface area contributed by atoms with E-state index in [0.29, 0.717) is 5.17 Å². The molecule has 0 radical (unpaired) electrons. The Balaban J connectivity index is 1.99. The Morgan fingerprint density at radius 2 is 2.22 bits per heavy atom. The summed E-state index contributed by atoms with van der Waals surface area (Å²) >= 11 is 1.28. The summed E-state index contributed by atoms with van der Waals surface area (Å²) in [5, 5.41) is 0.662. The van der Waals surface area contributed by atoms with E-state index in [-0.39, 0.29) is 17.8 Å². The van der Waals surface area contributed by atoms with Crippen molar-refractivity contribution in [3.63, 3.8) is 0 Å². The molecule has 0 bridgehead atoms. The lowest BCUT2D eigenvalue weighted by Gasteiger charge is -2.08. The Labute approximate surface area is 109 Å². The molecule has 1 atom stereocenters. The second kappa shape index (κ2) is 5.74. The van der Waals surface area contributed by atoms with Gasteiger partial charge in [-0.25, -0.2) is 10.4 Å². The lowest BCUT2D eigenvalue weighted by atomic mass is 10.2. The van der Waals surface area contributed by atoms with Gasteiger partial charge < -0.3 is 10.5 Å². The third kappa shape index (κ3) is 3.14. The Kier molecular flexibility index (Phi) is 4.06. The van der Waals surface area contributed by atoms with Crippen LogP contribution in [0.25, 0.3) is 0 Å². The van der Waals surface area contributed by atoms with Crippen LogP contribution >= 0.6 is 11.8 Å². The minimum absolute atomic E-state index is 0.161. The van der Waals surface area contributed by atoms with Crippen molar-refractivity contribution in [1.29, 1.82) is 0 Å². The summed E-state index contributed by atoms with van der Waals surface area (Å²) < 4.78 is 5.09. The molecule has 1 aromatic carbocycles. The molecule has 0 aliphatic carbocycles. The summed E-state index contributed by atoms with van der Waals surface area (Å²) in [6.45, 7) is 0. The SMILES string of the molecule is COc1ccc([C@@H]2N=C(SCC(N)=O)NN2)cc1. The number of hydrogen-bond donors (Lipinski definition) is 3. The van der Waals surface area contributed by atoms with E-state index < -0.39 is 0 Å². The number of nitrogens with zero attached hydrogens (tertiary/aromatic N) is 1. The van der Waals surface area contributed by atoms with Gasteiger partial charge in [0.15, 0.2) is 5.17 Å². The van der Waals surface area contributed by atoms with Gasteiger partial charge in [0.2, 0.25) is 5.91 Å². The summed E-state index contributed by atoms with van der Waals surface area (Å²) in [4.78, 5) is 15.1. The van der Waals surface area contributed by atoms with E-state index >= 15 is 0 Å². The van der Waals surface area contributed by atoms with Gasteiger partial charge in [-0.05, 0) is 17.7 Å². The average molecular weight is 266 g/mol. The van der Waals surface area contributed by atoms with E-state index in [1.807, 2.05) is 24.3 Å². The van der Waals surface area contributed by atoms with E-state index in [0.717, 1.165) is 11.3 Å². The normalized spacial score (nSPS) is 18.1. The smallest absolute Gasteiger partial charge is 0.227 e. The molecule has 1 aromatic rings. The number of methoxy groups -OCH3 is 1. The molecule has 0 fully saturated rings. The van der Waals surface area contributed by atoms with Crippen molar-refractivity contribution in [2.75, 3.05) is 12.9 Å². The van der Waals surface area contributed by atoms with Gasteiger partial charge in [-0.2, -0.15) is 0 Å². The summed E-state index contributed by atoms with van der Waals surface area (Å²) in [5.74, 6) is 0.650. The maximum atomic E-state index is 10.7. The number of primary amides is 1. The molecular formula is C11H14N4O2S. The Bertz CT molecular complexity index is 461. The van der Waals surface area contributed by atoms with Gasteiger partial charge >= 0.3 is 0 Å². The number of amidine groups is 1. The summed E-state index contributed by atoms with van der Waals surface area (Å²) in [6.07, 6.45) is -0.161. The van der Waals surface area contributed by atoms with Crippen molar-refractivity contribution in [1.82, 2.24) is 10.9 Å². The summed E-state index contributed by atoms with van der Waals surface area (Å²) in [7, 11) is 1.63. The van der Waals surface area contributed by atoms with Crippen molar-refractivity contribution >= 4 is 22.8 Å². The third-order valence-electron chi connectivity index (χ3n) is 2.34. The zero-order valence-electron chi connectivity index (χ0n) is 9.84. The number of hydrogen-bond acceptors (Lipinski definition) is 6. The van der Waals surface area contributed by atoms with E-state index in [9.17, 15) is 4.79 Å². The number of benzene rings is 1. The molecule has 2 rings (SSSR count). The Morgan fingerprint density at radius 3 is 2.83 bits per heavy atom. The van der Waals surface area contributed by atoms with Crippen LogP contribution in [0.15, 0.2) is 29.3 Å². The highest BCUT2D eigenvalue weighted by molar-refractivity contribution is 8.14. The number of amides is 1. The second-order valence-corrected chi connectivity index (χ2v) is 4.60. The fourth-order valence-electron chi connectivity index (χ4n) is 1.47. The predicted molar refractivity (Wildman–Crippen MR) is 71.1 cm³/mol. The van der Waals surface area contributed by atoms with Crippen LogP contribution in [0, 0.1) is 0 Å². The van der Waals surface area contributed by atoms with E-state index in [2.05, 4.69) is 15.8 Å². The Hall–Kier alpha value is -1.73. The van der Waals surface area contributed by atoms with Gasteiger partial charge in [0.25, 0.3) is 0 Å². The number of rotatable bonds is 4. The highest BCUT2D eigenvalue weighted by atomic mass is 32.2. The topological polar surface area (TPSA) is 88.7 Å². The van der Waals surface area contributed by atoms with Gasteiger partial charge in [0.05, 0.1) is 12.9 Å². The number of nitrogens with one attached hydrogen (secondary N) is 2. The number of carbonyl (C=O) groups is 1. The van der Waals surface area contributed by atoms with Gasteiger partial charge in [-0.15, -0.1) is 0 Å². The molecule has 1 amide bonds. The van der Waals surface area contributed by atoms with Crippen LogP contribution in [0.5, 0.6) is 5.75 Å². The fraction of sp³-hybridized carbons (Fsp3) is 0.273. The molecule has 96 valence electrons. The maximum absolute atomic E-state index is 10.7. The van der Waals surface area contributed by atoms with Crippen molar-refractivity contribution < 1.29 is 9.53 Å². The van der Waals surface area contributed by atoms with E-state index in [1.165, 1.54) is 11.8 Å². The van der Waals surface area contributed by atoms with Crippen molar-refractivity contribution in [2.24, 2.45) is 10.7 Å². The van der Waals surface area contributed by atoms with Gasteiger partial charge in [0.1, 0.15) is 11.9 Å². The highest BCUT2D eigenvalue weighted by Gasteiger charge is 2.18. The van der Waals surface area contributed by atoms with Crippen molar-refractivity contribution in [3.05, 3.63) is 29.8 Å².